The molecule has 4 aromatic rings. The Morgan fingerprint density at radius 2 is 1.88 bits per heavy atom. The number of furan rings is 1. The first-order valence-electron chi connectivity index (χ1n) is 9.98. The molecule has 0 saturated heterocycles. The number of anilines is 1. The maximum atomic E-state index is 12.7. The molecule has 0 fully saturated rings. The van der Waals surface area contributed by atoms with Crippen molar-refractivity contribution >= 4 is 51.5 Å². The van der Waals surface area contributed by atoms with E-state index in [9.17, 15) is 4.79 Å². The van der Waals surface area contributed by atoms with Gasteiger partial charge in [0, 0.05) is 38.6 Å². The fourth-order valence-electron chi connectivity index (χ4n) is 3.58. The van der Waals surface area contributed by atoms with Crippen molar-refractivity contribution in [3.63, 3.8) is 0 Å². The molecule has 162 valence electrons. The van der Waals surface area contributed by atoms with Crippen LogP contribution in [-0.2, 0) is 4.79 Å². The van der Waals surface area contributed by atoms with Crippen LogP contribution in [0.4, 0.5) is 5.69 Å². The van der Waals surface area contributed by atoms with Gasteiger partial charge >= 0.3 is 0 Å². The first-order chi connectivity index (χ1) is 15.5. The highest BCUT2D eigenvalue weighted by Crippen LogP contribution is 2.37. The average Bonchev–Trinajstić information content (AvgIpc) is 3.21. The van der Waals surface area contributed by atoms with Gasteiger partial charge in [0.05, 0.1) is 19.1 Å². The third kappa shape index (κ3) is 4.54. The van der Waals surface area contributed by atoms with Gasteiger partial charge in [-0.15, -0.1) is 11.8 Å². The quantitative estimate of drug-likeness (QED) is 0.237. The van der Waals surface area contributed by atoms with Crippen LogP contribution < -0.4 is 10.1 Å². The molecule has 0 bridgehead atoms. The molecule has 0 saturated carbocycles. The topological polar surface area (TPSA) is 51.5 Å². The number of benzene rings is 3. The number of allylic oxidation sites excluding steroid dienone is 1. The van der Waals surface area contributed by atoms with Crippen LogP contribution in [0.1, 0.15) is 12.5 Å². The largest absolute Gasteiger partial charge is 0.496 e. The van der Waals surface area contributed by atoms with E-state index >= 15 is 0 Å². The van der Waals surface area contributed by atoms with Gasteiger partial charge in [0.2, 0.25) is 5.91 Å². The smallest absolute Gasteiger partial charge is 0.248 e. The Hall–Kier alpha value is -3.15. The van der Waals surface area contributed by atoms with Gasteiger partial charge < -0.3 is 14.5 Å². The van der Waals surface area contributed by atoms with Crippen molar-refractivity contribution in [2.75, 3.05) is 18.7 Å². The monoisotopic (exact) mass is 463 g/mol. The average molecular weight is 464 g/mol. The molecule has 0 spiro atoms. The maximum Gasteiger partial charge on any atom is 0.248 e. The highest BCUT2D eigenvalue weighted by Gasteiger charge is 2.15. The van der Waals surface area contributed by atoms with Crippen LogP contribution in [-0.4, -0.2) is 19.3 Å². The molecule has 0 aliphatic rings. The second-order valence-electron chi connectivity index (χ2n) is 7.22. The highest BCUT2D eigenvalue weighted by molar-refractivity contribution is 7.98. The number of thioether (sulfide) groups is 1. The third-order valence-corrected chi connectivity index (χ3v) is 6.24. The lowest BCUT2D eigenvalue weighted by atomic mass is 9.99. The van der Waals surface area contributed by atoms with Crippen LogP contribution in [0.2, 0.25) is 5.02 Å². The van der Waals surface area contributed by atoms with Crippen molar-refractivity contribution in [1.82, 2.24) is 0 Å². The lowest BCUT2D eigenvalue weighted by molar-refractivity contribution is -0.111. The van der Waals surface area contributed by atoms with Gasteiger partial charge in [0.1, 0.15) is 11.3 Å². The molecule has 1 amide bonds. The van der Waals surface area contributed by atoms with Gasteiger partial charge in [-0.25, -0.2) is 0 Å². The van der Waals surface area contributed by atoms with E-state index < -0.39 is 0 Å². The highest BCUT2D eigenvalue weighted by atomic mass is 35.5. The van der Waals surface area contributed by atoms with E-state index in [0.717, 1.165) is 38.2 Å². The van der Waals surface area contributed by atoms with Gasteiger partial charge in [-0.05, 0) is 54.6 Å². The Morgan fingerprint density at radius 1 is 1.12 bits per heavy atom. The van der Waals surface area contributed by atoms with Crippen molar-refractivity contribution in [2.45, 2.75) is 11.8 Å². The van der Waals surface area contributed by atoms with Gasteiger partial charge in [-0.1, -0.05) is 35.9 Å². The number of carbonyl (C=O) groups excluding carboxylic acids is 1. The number of amides is 1. The lowest BCUT2D eigenvalue weighted by Gasteiger charge is -2.11. The van der Waals surface area contributed by atoms with Crippen LogP contribution >= 0.6 is 23.4 Å². The molecule has 1 N–H and O–H groups in total. The predicted octanol–water partition coefficient (Wildman–Crippen LogP) is 7.53. The Kier molecular flexibility index (Phi) is 6.58. The molecular formula is C26H22ClNO3S. The van der Waals surface area contributed by atoms with E-state index in [2.05, 4.69) is 5.32 Å². The number of ether oxygens (including phenoxy) is 1. The van der Waals surface area contributed by atoms with Gasteiger partial charge in [-0.2, -0.15) is 0 Å². The Morgan fingerprint density at radius 3 is 2.59 bits per heavy atom. The molecule has 4 nitrogen and oxygen atoms in total. The van der Waals surface area contributed by atoms with E-state index in [1.807, 2.05) is 73.8 Å². The second-order valence-corrected chi connectivity index (χ2v) is 8.51. The fraction of sp³-hybridized carbons (Fsp3) is 0.115. The van der Waals surface area contributed by atoms with Crippen molar-refractivity contribution < 1.29 is 13.9 Å². The minimum atomic E-state index is -0.198. The molecule has 1 aromatic heterocycles. The number of carbonyl (C=O) groups is 1. The zero-order chi connectivity index (χ0) is 22.7. The number of fused-ring (bicyclic) bond motifs is 1. The molecule has 0 aliphatic heterocycles. The normalized spacial score (nSPS) is 11.6. The maximum absolute atomic E-state index is 12.7. The van der Waals surface area contributed by atoms with Crippen molar-refractivity contribution in [3.05, 3.63) is 83.6 Å². The van der Waals surface area contributed by atoms with Crippen molar-refractivity contribution in [1.29, 1.82) is 0 Å². The number of hydrogen-bond acceptors (Lipinski definition) is 4. The molecule has 0 atom stereocenters. The summed E-state index contributed by atoms with van der Waals surface area (Å²) in [5.41, 5.74) is 5.05. The Balaban J connectivity index is 1.71. The van der Waals surface area contributed by atoms with Crippen molar-refractivity contribution in [3.8, 4) is 16.9 Å². The zero-order valence-corrected chi connectivity index (χ0v) is 19.5. The first-order valence-corrected chi connectivity index (χ1v) is 11.6. The van der Waals surface area contributed by atoms with E-state index in [4.69, 9.17) is 20.8 Å². The summed E-state index contributed by atoms with van der Waals surface area (Å²) in [5, 5.41) is 4.58. The zero-order valence-electron chi connectivity index (χ0n) is 17.9. The van der Waals surface area contributed by atoms with Crippen molar-refractivity contribution in [2.24, 2.45) is 0 Å². The summed E-state index contributed by atoms with van der Waals surface area (Å²) >= 11 is 7.62. The minimum absolute atomic E-state index is 0.198. The number of para-hydroxylation sites is 1. The first kappa shape index (κ1) is 22.1. The molecule has 6 heteroatoms. The summed E-state index contributed by atoms with van der Waals surface area (Å²) < 4.78 is 11.4. The Bertz CT molecular complexity index is 1310. The summed E-state index contributed by atoms with van der Waals surface area (Å²) in [6.07, 6.45) is 5.29. The lowest BCUT2D eigenvalue weighted by Crippen LogP contribution is -2.09. The number of halogens is 1. The summed E-state index contributed by atoms with van der Waals surface area (Å²) in [6.45, 7) is 1.89. The predicted molar refractivity (Wildman–Crippen MR) is 134 cm³/mol. The summed E-state index contributed by atoms with van der Waals surface area (Å²) in [4.78, 5) is 13.7. The molecule has 4 rings (SSSR count). The van der Waals surface area contributed by atoms with Crippen LogP contribution in [0.15, 0.2) is 82.3 Å². The van der Waals surface area contributed by atoms with Gasteiger partial charge in [0.15, 0.2) is 0 Å². The van der Waals surface area contributed by atoms with E-state index in [1.54, 1.807) is 31.2 Å². The molecule has 3 aromatic carbocycles. The second kappa shape index (κ2) is 9.55. The van der Waals surface area contributed by atoms with E-state index in [0.29, 0.717) is 16.4 Å². The molecule has 1 heterocycles. The molecule has 32 heavy (non-hydrogen) atoms. The SMILES string of the molecule is COc1cc2occ(-c3ccc(Cl)cc3)c2cc1/C(C)=C/C(=O)Nc1ccccc1SC. The fourth-order valence-corrected chi connectivity index (χ4v) is 4.26. The summed E-state index contributed by atoms with van der Waals surface area (Å²) in [6, 6.07) is 19.2. The standard InChI is InChI=1S/C26H22ClNO3S/c1-16(12-26(29)28-22-6-4-5-7-25(22)32-3)19-13-20-21(17-8-10-18(27)11-9-17)15-31-24(20)14-23(19)30-2/h4-15H,1-3H3,(H,28,29)/b16-12+. The van der Waals surface area contributed by atoms with Gasteiger partial charge in [-0.3, -0.25) is 4.79 Å². The summed E-state index contributed by atoms with van der Waals surface area (Å²) in [5.74, 6) is 0.442. The third-order valence-electron chi connectivity index (χ3n) is 5.19. The van der Waals surface area contributed by atoms with Crippen LogP contribution in [0.3, 0.4) is 0 Å². The molecule has 0 unspecified atom stereocenters. The molecule has 0 aliphatic carbocycles. The van der Waals surface area contributed by atoms with Gasteiger partial charge in [0.25, 0.3) is 0 Å². The van der Waals surface area contributed by atoms with E-state index in [1.165, 1.54) is 0 Å². The van der Waals surface area contributed by atoms with Crippen LogP contribution in [0.25, 0.3) is 27.7 Å². The Labute approximate surface area is 196 Å². The number of methoxy groups -OCH3 is 1. The molecule has 0 radical (unpaired) electrons. The summed E-state index contributed by atoms with van der Waals surface area (Å²) in [7, 11) is 1.61. The number of nitrogens with one attached hydrogen (secondary N) is 1. The van der Waals surface area contributed by atoms with Crippen LogP contribution in [0, 0.1) is 0 Å². The number of hydrogen-bond donors (Lipinski definition) is 1. The minimum Gasteiger partial charge on any atom is -0.496 e. The number of rotatable bonds is 6. The van der Waals surface area contributed by atoms with E-state index in [-0.39, 0.29) is 5.91 Å². The van der Waals surface area contributed by atoms with Crippen LogP contribution in [0.5, 0.6) is 5.75 Å². The molecular weight excluding hydrogens is 442 g/mol.